The summed E-state index contributed by atoms with van der Waals surface area (Å²) < 4.78 is 44.5. The molecule has 1 aromatic heterocycles. The van der Waals surface area contributed by atoms with Gasteiger partial charge in [-0.3, -0.25) is 4.79 Å². The van der Waals surface area contributed by atoms with Gasteiger partial charge in [0.2, 0.25) is 11.0 Å². The number of rotatable bonds is 5. The highest BCUT2D eigenvalue weighted by Gasteiger charge is 2.36. The van der Waals surface area contributed by atoms with Crippen LogP contribution in [0.2, 0.25) is 5.02 Å². The van der Waals surface area contributed by atoms with E-state index in [9.17, 15) is 18.0 Å². The summed E-state index contributed by atoms with van der Waals surface area (Å²) in [6.45, 7) is -1.41. The van der Waals surface area contributed by atoms with Gasteiger partial charge < -0.3 is 4.74 Å². The second kappa shape index (κ2) is 6.85. The second-order valence-electron chi connectivity index (χ2n) is 4.88. The van der Waals surface area contributed by atoms with Crippen molar-refractivity contribution in [3.8, 4) is 17.1 Å². The number of nitrogens with zero attached hydrogens (tertiary/aromatic N) is 2. The van der Waals surface area contributed by atoms with Crippen molar-refractivity contribution in [3.05, 3.63) is 34.3 Å². The first kappa shape index (κ1) is 19.0. The Morgan fingerprint density at radius 3 is 2.62 bits per heavy atom. The van der Waals surface area contributed by atoms with Crippen LogP contribution < -0.4 is 4.74 Å². The van der Waals surface area contributed by atoms with Crippen LogP contribution in [0.1, 0.15) is 11.1 Å². The van der Waals surface area contributed by atoms with E-state index in [1.54, 1.807) is 6.92 Å². The van der Waals surface area contributed by atoms with Gasteiger partial charge in [0.25, 0.3) is 5.13 Å². The SMILES string of the molecule is Cc1ccc(C(F)(Cl)C(=O)S)cc1-c1nn(C)c(OC(F)F)c1Cl. The van der Waals surface area contributed by atoms with E-state index < -0.39 is 16.9 Å². The van der Waals surface area contributed by atoms with Gasteiger partial charge >= 0.3 is 6.61 Å². The van der Waals surface area contributed by atoms with Crippen molar-refractivity contribution in [1.82, 2.24) is 9.78 Å². The third-order valence-electron chi connectivity index (χ3n) is 3.26. The van der Waals surface area contributed by atoms with Crippen molar-refractivity contribution in [2.75, 3.05) is 0 Å². The predicted molar refractivity (Wildman–Crippen MR) is 87.7 cm³/mol. The fraction of sp³-hybridized carbons (Fsp3) is 0.286. The van der Waals surface area contributed by atoms with Gasteiger partial charge in [-0.1, -0.05) is 35.3 Å². The van der Waals surface area contributed by atoms with Crippen molar-refractivity contribution in [1.29, 1.82) is 0 Å². The Labute approximate surface area is 150 Å². The molecule has 1 aromatic carbocycles. The molecule has 1 heterocycles. The summed E-state index contributed by atoms with van der Waals surface area (Å²) in [5.74, 6) is -0.339. The van der Waals surface area contributed by atoms with Crippen molar-refractivity contribution in [2.45, 2.75) is 18.7 Å². The molecule has 0 fully saturated rings. The molecule has 24 heavy (non-hydrogen) atoms. The van der Waals surface area contributed by atoms with Crippen molar-refractivity contribution >= 4 is 40.9 Å². The Morgan fingerprint density at radius 1 is 1.46 bits per heavy atom. The molecule has 0 aliphatic carbocycles. The topological polar surface area (TPSA) is 44.1 Å². The summed E-state index contributed by atoms with van der Waals surface area (Å²) in [6, 6.07) is 4.07. The van der Waals surface area contributed by atoms with Crippen LogP contribution in [0.5, 0.6) is 5.88 Å². The van der Waals surface area contributed by atoms with E-state index in [-0.39, 0.29) is 22.2 Å². The summed E-state index contributed by atoms with van der Waals surface area (Å²) in [4.78, 5) is 11.3. The molecule has 1 unspecified atom stereocenters. The molecular formula is C14H11Cl2F3N2O2S. The lowest BCUT2D eigenvalue weighted by molar-refractivity contribution is -0.117. The van der Waals surface area contributed by atoms with E-state index >= 15 is 0 Å². The van der Waals surface area contributed by atoms with E-state index in [2.05, 4.69) is 22.5 Å². The molecule has 1 atom stereocenters. The maximum Gasteiger partial charge on any atom is 0.388 e. The Kier molecular flexibility index (Phi) is 5.41. The molecule has 0 bridgehead atoms. The molecular weight excluding hydrogens is 388 g/mol. The molecule has 0 N–H and O–H groups in total. The number of benzene rings is 1. The summed E-state index contributed by atoms with van der Waals surface area (Å²) >= 11 is 15.1. The number of carbonyl (C=O) groups excluding carboxylic acids is 1. The molecule has 0 spiro atoms. The van der Waals surface area contributed by atoms with E-state index in [1.807, 2.05) is 0 Å². The number of ether oxygens (including phenoxy) is 1. The van der Waals surface area contributed by atoms with E-state index in [0.29, 0.717) is 11.1 Å². The van der Waals surface area contributed by atoms with Crippen LogP contribution in [0, 0.1) is 6.92 Å². The number of aryl methyl sites for hydroxylation is 2. The van der Waals surface area contributed by atoms with Gasteiger partial charge in [0.1, 0.15) is 10.7 Å². The lowest BCUT2D eigenvalue weighted by atomic mass is 10.00. The smallest absolute Gasteiger partial charge is 0.388 e. The zero-order valence-electron chi connectivity index (χ0n) is 12.4. The van der Waals surface area contributed by atoms with Crippen molar-refractivity contribution in [2.24, 2.45) is 7.05 Å². The minimum atomic E-state index is -3.08. The van der Waals surface area contributed by atoms with Crippen molar-refractivity contribution < 1.29 is 22.7 Å². The highest BCUT2D eigenvalue weighted by molar-refractivity contribution is 7.97. The Morgan fingerprint density at radius 2 is 2.08 bits per heavy atom. The van der Waals surface area contributed by atoms with Gasteiger partial charge in [-0.25, -0.2) is 9.07 Å². The molecule has 0 radical (unpaired) electrons. The van der Waals surface area contributed by atoms with Gasteiger partial charge in [0.05, 0.1) is 0 Å². The third kappa shape index (κ3) is 3.50. The molecule has 2 aromatic rings. The zero-order chi connectivity index (χ0) is 18.2. The minimum Gasteiger partial charge on any atom is -0.416 e. The summed E-state index contributed by atoms with van der Waals surface area (Å²) in [5, 5.41) is -0.178. The van der Waals surface area contributed by atoms with Gasteiger partial charge in [0.15, 0.2) is 0 Å². The first-order valence-corrected chi connectivity index (χ1v) is 7.66. The summed E-state index contributed by atoms with van der Waals surface area (Å²) in [6.07, 6.45) is 0. The molecule has 0 saturated heterocycles. The van der Waals surface area contributed by atoms with Crippen LogP contribution in [0.4, 0.5) is 13.2 Å². The van der Waals surface area contributed by atoms with E-state index in [0.717, 1.165) is 4.68 Å². The highest BCUT2D eigenvalue weighted by atomic mass is 35.5. The Hall–Kier alpha value is -1.38. The van der Waals surface area contributed by atoms with Gasteiger partial charge in [0, 0.05) is 18.2 Å². The first-order valence-electron chi connectivity index (χ1n) is 6.45. The maximum absolute atomic E-state index is 14.3. The average Bonchev–Trinajstić information content (AvgIpc) is 2.75. The van der Waals surface area contributed by atoms with E-state index in [1.165, 1.54) is 25.2 Å². The molecule has 0 amide bonds. The fourth-order valence-electron chi connectivity index (χ4n) is 2.06. The number of halogens is 5. The Bertz CT molecular complexity index is 797. The summed E-state index contributed by atoms with van der Waals surface area (Å²) in [7, 11) is 1.37. The standard InChI is InChI=1S/C14H11Cl2F3N2O2S/c1-6-3-4-7(14(16,19)12(22)24)5-8(6)10-9(15)11(21(2)20-10)23-13(17)18/h3-5,13H,1-2H3,(H,22,24). The lowest BCUT2D eigenvalue weighted by Crippen LogP contribution is -2.20. The maximum atomic E-state index is 14.3. The van der Waals surface area contributed by atoms with E-state index in [4.69, 9.17) is 23.2 Å². The predicted octanol–water partition coefficient (Wildman–Crippen LogP) is 4.47. The largest absolute Gasteiger partial charge is 0.416 e. The number of aromatic nitrogens is 2. The summed E-state index contributed by atoms with van der Waals surface area (Å²) in [5.41, 5.74) is 0.840. The van der Waals surface area contributed by atoms with Crippen LogP contribution in [-0.4, -0.2) is 21.5 Å². The molecule has 0 saturated carbocycles. The molecule has 0 aliphatic rings. The number of thiol groups is 1. The highest BCUT2D eigenvalue weighted by Crippen LogP contribution is 2.40. The van der Waals surface area contributed by atoms with Crippen LogP contribution in [0.15, 0.2) is 18.2 Å². The van der Waals surface area contributed by atoms with Crippen LogP contribution in [0.25, 0.3) is 11.3 Å². The molecule has 0 aliphatic heterocycles. The van der Waals surface area contributed by atoms with Gasteiger partial charge in [-0.2, -0.15) is 13.9 Å². The number of hydrogen-bond donors (Lipinski definition) is 1. The quantitative estimate of drug-likeness (QED) is 0.596. The first-order chi connectivity index (χ1) is 11.1. The normalized spacial score (nSPS) is 13.9. The fourth-order valence-corrected chi connectivity index (χ4v) is 2.62. The molecule has 2 rings (SSSR count). The Balaban J connectivity index is 2.60. The van der Waals surface area contributed by atoms with Crippen LogP contribution in [-0.2, 0) is 17.0 Å². The minimum absolute atomic E-state index is 0.0910. The van der Waals surface area contributed by atoms with Crippen LogP contribution in [0.3, 0.4) is 0 Å². The lowest BCUT2D eigenvalue weighted by Gasteiger charge is -2.16. The number of carbonyl (C=O) groups is 1. The third-order valence-corrected chi connectivity index (χ3v) is 4.43. The second-order valence-corrected chi connectivity index (χ2v) is 6.18. The number of hydrogen-bond acceptors (Lipinski definition) is 3. The number of alkyl halides is 4. The van der Waals surface area contributed by atoms with Gasteiger partial charge in [-0.15, -0.1) is 12.6 Å². The van der Waals surface area contributed by atoms with Gasteiger partial charge in [-0.05, 0) is 18.6 Å². The zero-order valence-corrected chi connectivity index (χ0v) is 14.8. The van der Waals surface area contributed by atoms with Crippen LogP contribution >= 0.6 is 35.8 Å². The monoisotopic (exact) mass is 398 g/mol. The molecule has 10 heteroatoms. The average molecular weight is 399 g/mol. The molecule has 130 valence electrons. The van der Waals surface area contributed by atoms with Crippen molar-refractivity contribution in [3.63, 3.8) is 0 Å². The molecule has 4 nitrogen and oxygen atoms in total.